The van der Waals surface area contributed by atoms with Crippen LogP contribution in [0.1, 0.15) is 29.2 Å². The van der Waals surface area contributed by atoms with Gasteiger partial charge in [0.15, 0.2) is 0 Å². The molecule has 176 valence electrons. The molecule has 34 heavy (non-hydrogen) atoms. The summed E-state index contributed by atoms with van der Waals surface area (Å²) < 4.78 is 57.4. The highest BCUT2D eigenvalue weighted by Gasteiger charge is 2.49. The highest BCUT2D eigenvalue weighted by Crippen LogP contribution is 2.41. The van der Waals surface area contributed by atoms with Gasteiger partial charge in [-0.15, -0.1) is 0 Å². The monoisotopic (exact) mass is 468 g/mol. The number of hydrogen-bond acceptors (Lipinski definition) is 4. The van der Waals surface area contributed by atoms with Crippen LogP contribution in [0.4, 0.5) is 13.2 Å². The second kappa shape index (κ2) is 10.0. The van der Waals surface area contributed by atoms with E-state index in [0.29, 0.717) is 23.3 Å². The average Bonchev–Trinajstić information content (AvgIpc) is 2.83. The molecule has 0 fully saturated rings. The summed E-state index contributed by atoms with van der Waals surface area (Å²) in [7, 11) is 0. The third kappa shape index (κ3) is 5.42. The van der Waals surface area contributed by atoms with Gasteiger partial charge in [-0.1, -0.05) is 60.7 Å². The molecule has 7 heteroatoms. The first-order valence-electron chi connectivity index (χ1n) is 10.8. The van der Waals surface area contributed by atoms with E-state index in [1.807, 2.05) is 60.7 Å². The van der Waals surface area contributed by atoms with E-state index in [-0.39, 0.29) is 19.0 Å². The van der Waals surface area contributed by atoms with Crippen molar-refractivity contribution in [2.45, 2.75) is 32.2 Å². The molecule has 1 aliphatic rings. The highest BCUT2D eigenvalue weighted by atomic mass is 19.4. The minimum Gasteiger partial charge on any atom is -0.489 e. The topological polar surface area (TPSA) is 44.8 Å². The van der Waals surface area contributed by atoms with Crippen LogP contribution in [0, 0.1) is 0 Å². The Morgan fingerprint density at radius 3 is 2.24 bits per heavy atom. The van der Waals surface area contributed by atoms with Gasteiger partial charge in [0, 0.05) is 17.5 Å². The first-order chi connectivity index (χ1) is 16.3. The van der Waals surface area contributed by atoms with Crippen molar-refractivity contribution in [1.82, 2.24) is 0 Å². The Labute approximate surface area is 195 Å². The smallest absolute Gasteiger partial charge is 0.430 e. The minimum atomic E-state index is -4.78. The fourth-order valence-electron chi connectivity index (χ4n) is 3.71. The Morgan fingerprint density at radius 2 is 1.62 bits per heavy atom. The van der Waals surface area contributed by atoms with Crippen LogP contribution in [0.5, 0.6) is 11.5 Å². The van der Waals surface area contributed by atoms with Crippen molar-refractivity contribution in [3.8, 4) is 11.5 Å². The number of hydrogen-bond donors (Lipinski definition) is 0. The van der Waals surface area contributed by atoms with Gasteiger partial charge in [-0.2, -0.15) is 13.2 Å². The molecule has 0 aliphatic carbocycles. The van der Waals surface area contributed by atoms with Crippen LogP contribution in [0.15, 0.2) is 78.4 Å². The first-order valence-corrected chi connectivity index (χ1v) is 10.8. The zero-order valence-corrected chi connectivity index (χ0v) is 18.5. The molecular formula is C27H23F3O4. The van der Waals surface area contributed by atoms with E-state index in [0.717, 1.165) is 11.1 Å². The van der Waals surface area contributed by atoms with E-state index in [4.69, 9.17) is 14.2 Å². The van der Waals surface area contributed by atoms with E-state index in [2.05, 4.69) is 0 Å². The normalized spacial score (nSPS) is 15.1. The van der Waals surface area contributed by atoms with Crippen LogP contribution in [-0.4, -0.2) is 24.9 Å². The Hall–Kier alpha value is -3.74. The van der Waals surface area contributed by atoms with Crippen molar-refractivity contribution in [3.05, 3.63) is 101 Å². The minimum absolute atomic E-state index is 0.0355. The number of carbonyl (C=O) groups excluding carboxylic acids is 1. The predicted molar refractivity (Wildman–Crippen MR) is 122 cm³/mol. The molecule has 0 spiro atoms. The van der Waals surface area contributed by atoms with E-state index in [1.54, 1.807) is 12.1 Å². The van der Waals surface area contributed by atoms with Gasteiger partial charge in [0.2, 0.25) is 6.10 Å². The Morgan fingerprint density at radius 1 is 0.971 bits per heavy atom. The number of halogens is 3. The lowest BCUT2D eigenvalue weighted by molar-refractivity contribution is -0.187. The fourth-order valence-corrected chi connectivity index (χ4v) is 3.71. The lowest BCUT2D eigenvalue weighted by Crippen LogP contribution is -2.40. The maximum Gasteiger partial charge on any atom is 0.430 e. The van der Waals surface area contributed by atoms with Crippen molar-refractivity contribution >= 4 is 12.0 Å². The van der Waals surface area contributed by atoms with Gasteiger partial charge in [0.25, 0.3) is 0 Å². The van der Waals surface area contributed by atoms with Crippen LogP contribution in [-0.2, 0) is 22.6 Å². The second-order valence-electron chi connectivity index (χ2n) is 7.79. The molecular weight excluding hydrogens is 445 g/mol. The summed E-state index contributed by atoms with van der Waals surface area (Å²) >= 11 is 0. The molecule has 0 radical (unpaired) electrons. The maximum atomic E-state index is 13.7. The van der Waals surface area contributed by atoms with E-state index in [1.165, 1.54) is 13.0 Å². The van der Waals surface area contributed by atoms with Gasteiger partial charge >= 0.3 is 12.1 Å². The van der Waals surface area contributed by atoms with Crippen molar-refractivity contribution in [2.24, 2.45) is 0 Å². The Kier molecular flexibility index (Phi) is 6.91. The number of benzene rings is 3. The summed E-state index contributed by atoms with van der Waals surface area (Å²) in [5.41, 5.74) is 2.32. The molecule has 4 nitrogen and oxygen atoms in total. The van der Waals surface area contributed by atoms with Gasteiger partial charge in [-0.25, -0.2) is 4.79 Å². The van der Waals surface area contributed by atoms with E-state index < -0.39 is 23.8 Å². The molecule has 0 N–H and O–H groups in total. The van der Waals surface area contributed by atoms with Crippen molar-refractivity contribution < 1.29 is 32.2 Å². The SMILES string of the molecule is CCOC(=O)C1=Cc2cc(OCc3ccccc3)c(Cc3ccccc3)cc2OC1C(F)(F)F. The second-order valence-corrected chi connectivity index (χ2v) is 7.79. The molecule has 1 unspecified atom stereocenters. The van der Waals surface area contributed by atoms with Crippen LogP contribution < -0.4 is 9.47 Å². The van der Waals surface area contributed by atoms with Crippen molar-refractivity contribution in [1.29, 1.82) is 0 Å². The van der Waals surface area contributed by atoms with Crippen molar-refractivity contribution in [3.63, 3.8) is 0 Å². The molecule has 0 amide bonds. The number of carbonyl (C=O) groups is 1. The average molecular weight is 468 g/mol. The molecule has 3 aromatic rings. The molecule has 0 aromatic heterocycles. The number of fused-ring (bicyclic) bond motifs is 1. The van der Waals surface area contributed by atoms with Gasteiger partial charge < -0.3 is 14.2 Å². The maximum absolute atomic E-state index is 13.7. The van der Waals surface area contributed by atoms with Gasteiger partial charge in [0.05, 0.1) is 12.2 Å². The largest absolute Gasteiger partial charge is 0.489 e. The summed E-state index contributed by atoms with van der Waals surface area (Å²) in [6.07, 6.45) is -5.57. The lowest BCUT2D eigenvalue weighted by atomic mass is 9.97. The van der Waals surface area contributed by atoms with E-state index in [9.17, 15) is 18.0 Å². The Bertz CT molecular complexity index is 1170. The highest BCUT2D eigenvalue weighted by molar-refractivity contribution is 5.96. The van der Waals surface area contributed by atoms with E-state index >= 15 is 0 Å². The molecule has 1 atom stereocenters. The molecule has 0 saturated heterocycles. The standard InChI is InChI=1S/C27H23F3O4/c1-2-32-26(31)22-14-21-15-23(33-17-19-11-7-4-8-12-19)20(13-18-9-5-3-6-10-18)16-24(21)34-25(22)27(28,29)30/h3-12,14-16,25H,2,13,17H2,1H3. The molecule has 4 rings (SSSR count). The Balaban J connectivity index is 1.74. The zero-order chi connectivity index (χ0) is 24.1. The van der Waals surface area contributed by atoms with Gasteiger partial charge in [-0.3, -0.25) is 0 Å². The van der Waals surface area contributed by atoms with Crippen LogP contribution >= 0.6 is 0 Å². The number of rotatable bonds is 7. The summed E-state index contributed by atoms with van der Waals surface area (Å²) in [5, 5.41) is 0. The molecule has 0 bridgehead atoms. The quantitative estimate of drug-likeness (QED) is 0.392. The first kappa shape index (κ1) is 23.4. The number of alkyl halides is 3. The number of esters is 1. The van der Waals surface area contributed by atoms with Crippen LogP contribution in [0.25, 0.3) is 6.08 Å². The molecule has 1 heterocycles. The summed E-state index contributed by atoms with van der Waals surface area (Å²) in [5.74, 6) is -0.524. The van der Waals surface area contributed by atoms with Crippen LogP contribution in [0.3, 0.4) is 0 Å². The molecule has 3 aromatic carbocycles. The van der Waals surface area contributed by atoms with Crippen LogP contribution in [0.2, 0.25) is 0 Å². The summed E-state index contributed by atoms with van der Waals surface area (Å²) in [6, 6.07) is 22.2. The third-order valence-electron chi connectivity index (χ3n) is 5.31. The molecule has 1 aliphatic heterocycles. The molecule has 0 saturated carbocycles. The summed E-state index contributed by atoms with van der Waals surface area (Å²) in [4.78, 5) is 12.3. The third-order valence-corrected chi connectivity index (χ3v) is 5.31. The zero-order valence-electron chi connectivity index (χ0n) is 18.5. The predicted octanol–water partition coefficient (Wildman–Crippen LogP) is 6.13. The fraction of sp³-hybridized carbons (Fsp3) is 0.222. The summed E-state index contributed by atoms with van der Waals surface area (Å²) in [6.45, 7) is 1.76. The van der Waals surface area contributed by atoms with Crippen molar-refractivity contribution in [2.75, 3.05) is 6.61 Å². The lowest BCUT2D eigenvalue weighted by Gasteiger charge is -2.28. The van der Waals surface area contributed by atoms with Gasteiger partial charge in [-0.05, 0) is 36.3 Å². The number of ether oxygens (including phenoxy) is 3. The van der Waals surface area contributed by atoms with Gasteiger partial charge in [0.1, 0.15) is 18.1 Å².